The van der Waals surface area contributed by atoms with Gasteiger partial charge in [0.2, 0.25) is 0 Å². The predicted molar refractivity (Wildman–Crippen MR) is 72.7 cm³/mol. The van der Waals surface area contributed by atoms with Gasteiger partial charge in [-0.05, 0) is 55.0 Å². The average Bonchev–Trinajstić information content (AvgIpc) is 2.73. The Morgan fingerprint density at radius 2 is 2.11 bits per heavy atom. The second-order valence-corrected chi connectivity index (χ2v) is 5.81. The fourth-order valence-electron chi connectivity index (χ4n) is 3.02. The third-order valence-corrected chi connectivity index (χ3v) is 4.57. The normalized spacial score (nSPS) is 20.3. The number of ketones is 1. The molecule has 96 valence electrons. The van der Waals surface area contributed by atoms with Crippen molar-refractivity contribution < 1.29 is 4.79 Å². The third-order valence-electron chi connectivity index (χ3n) is 4.57. The second kappa shape index (κ2) is 4.85. The summed E-state index contributed by atoms with van der Waals surface area (Å²) in [6.45, 7) is 4.11. The molecule has 0 bridgehead atoms. The van der Waals surface area contributed by atoms with Gasteiger partial charge in [-0.25, -0.2) is 0 Å². The summed E-state index contributed by atoms with van der Waals surface area (Å²) in [4.78, 5) is 12.2. The van der Waals surface area contributed by atoms with Crippen LogP contribution < -0.4 is 5.32 Å². The molecule has 1 N–H and O–H groups in total. The molecule has 1 fully saturated rings. The lowest BCUT2D eigenvalue weighted by Gasteiger charge is -2.31. The molecule has 1 aliphatic heterocycles. The van der Waals surface area contributed by atoms with Crippen LogP contribution >= 0.6 is 0 Å². The summed E-state index contributed by atoms with van der Waals surface area (Å²) in [6.07, 6.45) is 4.30. The van der Waals surface area contributed by atoms with Gasteiger partial charge in [-0.2, -0.15) is 0 Å². The van der Waals surface area contributed by atoms with Gasteiger partial charge in [-0.1, -0.05) is 25.1 Å². The first-order valence-corrected chi connectivity index (χ1v) is 7.08. The number of hydrogen-bond acceptors (Lipinski definition) is 2. The summed E-state index contributed by atoms with van der Waals surface area (Å²) in [5.41, 5.74) is 4.17. The van der Waals surface area contributed by atoms with Crippen LogP contribution in [0.25, 0.3) is 0 Å². The van der Waals surface area contributed by atoms with E-state index in [2.05, 4.69) is 30.4 Å². The Kier molecular flexibility index (Phi) is 3.21. The quantitative estimate of drug-likeness (QED) is 0.878. The number of aryl methyl sites for hydroxylation is 2. The fourth-order valence-corrected chi connectivity index (χ4v) is 3.02. The van der Waals surface area contributed by atoms with Gasteiger partial charge in [0, 0.05) is 12.3 Å². The predicted octanol–water partition coefficient (Wildman–Crippen LogP) is 2.14. The lowest BCUT2D eigenvalue weighted by atomic mass is 9.84. The highest BCUT2D eigenvalue weighted by atomic mass is 16.1. The summed E-state index contributed by atoms with van der Waals surface area (Å²) >= 11 is 0. The molecule has 1 saturated heterocycles. The van der Waals surface area contributed by atoms with E-state index in [9.17, 15) is 4.79 Å². The first-order valence-electron chi connectivity index (χ1n) is 7.08. The van der Waals surface area contributed by atoms with E-state index >= 15 is 0 Å². The van der Waals surface area contributed by atoms with Crippen LogP contribution in [0.3, 0.4) is 0 Å². The number of benzene rings is 1. The lowest BCUT2D eigenvalue weighted by Crippen LogP contribution is -2.47. The lowest BCUT2D eigenvalue weighted by molar-refractivity contribution is -0.123. The Morgan fingerprint density at radius 3 is 2.83 bits per heavy atom. The molecule has 0 amide bonds. The van der Waals surface area contributed by atoms with Crippen molar-refractivity contribution in [1.82, 2.24) is 5.32 Å². The molecular formula is C16H21NO. The molecule has 1 aromatic carbocycles. The zero-order valence-corrected chi connectivity index (χ0v) is 11.0. The standard InChI is InChI=1S/C16H21NO/c1-11(15-9-17-10-15)16(18)8-12-5-6-13-3-2-4-14(13)7-12/h5-7,11,15,17H,2-4,8-10H2,1H3. The third kappa shape index (κ3) is 2.22. The summed E-state index contributed by atoms with van der Waals surface area (Å²) in [7, 11) is 0. The number of hydrogen-bond donors (Lipinski definition) is 1. The van der Waals surface area contributed by atoms with Crippen LogP contribution in [-0.2, 0) is 24.1 Å². The summed E-state index contributed by atoms with van der Waals surface area (Å²) in [5, 5.41) is 3.24. The Labute approximate surface area is 109 Å². The monoisotopic (exact) mass is 243 g/mol. The van der Waals surface area contributed by atoms with Crippen molar-refractivity contribution in [2.75, 3.05) is 13.1 Å². The minimum Gasteiger partial charge on any atom is -0.316 e. The minimum atomic E-state index is 0.208. The van der Waals surface area contributed by atoms with Crippen molar-refractivity contribution in [3.05, 3.63) is 34.9 Å². The maximum atomic E-state index is 12.2. The van der Waals surface area contributed by atoms with Crippen LogP contribution in [-0.4, -0.2) is 18.9 Å². The van der Waals surface area contributed by atoms with E-state index in [-0.39, 0.29) is 5.92 Å². The molecule has 2 aliphatic rings. The van der Waals surface area contributed by atoms with Crippen molar-refractivity contribution in [3.63, 3.8) is 0 Å². The average molecular weight is 243 g/mol. The highest BCUT2D eigenvalue weighted by molar-refractivity contribution is 5.83. The second-order valence-electron chi connectivity index (χ2n) is 5.81. The smallest absolute Gasteiger partial charge is 0.140 e. The maximum absolute atomic E-state index is 12.2. The van der Waals surface area contributed by atoms with Gasteiger partial charge in [0.25, 0.3) is 0 Å². The van der Waals surface area contributed by atoms with E-state index in [1.165, 1.54) is 36.0 Å². The van der Waals surface area contributed by atoms with Crippen LogP contribution in [0, 0.1) is 11.8 Å². The van der Waals surface area contributed by atoms with E-state index in [1.807, 2.05) is 0 Å². The first-order chi connectivity index (χ1) is 8.74. The van der Waals surface area contributed by atoms with Crippen LogP contribution in [0.2, 0.25) is 0 Å². The molecule has 18 heavy (non-hydrogen) atoms. The first kappa shape index (κ1) is 11.9. The molecule has 0 aromatic heterocycles. The molecule has 0 radical (unpaired) electrons. The minimum absolute atomic E-state index is 0.208. The molecular weight excluding hydrogens is 222 g/mol. The van der Waals surface area contributed by atoms with Gasteiger partial charge in [0.05, 0.1) is 0 Å². The molecule has 1 unspecified atom stereocenters. The summed E-state index contributed by atoms with van der Waals surface area (Å²) in [6, 6.07) is 6.63. The number of fused-ring (bicyclic) bond motifs is 1. The number of Topliss-reactive ketones (excluding diaryl/α,β-unsaturated/α-hetero) is 1. The van der Waals surface area contributed by atoms with Gasteiger partial charge < -0.3 is 5.32 Å². The molecule has 1 aliphatic carbocycles. The Bertz CT molecular complexity index is 462. The van der Waals surface area contributed by atoms with E-state index in [1.54, 1.807) is 0 Å². The molecule has 1 heterocycles. The Morgan fingerprint density at radius 1 is 1.33 bits per heavy atom. The molecule has 2 heteroatoms. The van der Waals surface area contributed by atoms with Crippen molar-refractivity contribution in [2.45, 2.75) is 32.6 Å². The molecule has 3 rings (SSSR count). The summed E-state index contributed by atoms with van der Waals surface area (Å²) < 4.78 is 0. The van der Waals surface area contributed by atoms with Crippen LogP contribution in [0.4, 0.5) is 0 Å². The van der Waals surface area contributed by atoms with Gasteiger partial charge in [-0.15, -0.1) is 0 Å². The molecule has 1 aromatic rings. The Balaban J connectivity index is 1.66. The fraction of sp³-hybridized carbons (Fsp3) is 0.562. The van der Waals surface area contributed by atoms with Crippen LogP contribution in [0.1, 0.15) is 30.0 Å². The van der Waals surface area contributed by atoms with Gasteiger partial charge in [0.15, 0.2) is 0 Å². The van der Waals surface area contributed by atoms with Crippen molar-refractivity contribution in [2.24, 2.45) is 11.8 Å². The van der Waals surface area contributed by atoms with Crippen molar-refractivity contribution in [1.29, 1.82) is 0 Å². The zero-order chi connectivity index (χ0) is 12.5. The van der Waals surface area contributed by atoms with Gasteiger partial charge in [-0.3, -0.25) is 4.79 Å². The van der Waals surface area contributed by atoms with Crippen molar-refractivity contribution in [3.8, 4) is 0 Å². The summed E-state index contributed by atoms with van der Waals surface area (Å²) in [5.74, 6) is 1.17. The van der Waals surface area contributed by atoms with E-state index in [0.717, 1.165) is 13.1 Å². The zero-order valence-electron chi connectivity index (χ0n) is 11.0. The largest absolute Gasteiger partial charge is 0.316 e. The number of carbonyl (C=O) groups is 1. The van der Waals surface area contributed by atoms with E-state index < -0.39 is 0 Å². The van der Waals surface area contributed by atoms with Gasteiger partial charge in [0.1, 0.15) is 5.78 Å². The molecule has 1 atom stereocenters. The number of rotatable bonds is 4. The highest BCUT2D eigenvalue weighted by Crippen LogP contribution is 2.24. The van der Waals surface area contributed by atoms with E-state index in [0.29, 0.717) is 18.1 Å². The van der Waals surface area contributed by atoms with Gasteiger partial charge >= 0.3 is 0 Å². The van der Waals surface area contributed by atoms with E-state index in [4.69, 9.17) is 0 Å². The topological polar surface area (TPSA) is 29.1 Å². The maximum Gasteiger partial charge on any atom is 0.140 e. The molecule has 2 nitrogen and oxygen atoms in total. The highest BCUT2D eigenvalue weighted by Gasteiger charge is 2.28. The molecule has 0 spiro atoms. The van der Waals surface area contributed by atoms with Crippen LogP contribution in [0.5, 0.6) is 0 Å². The SMILES string of the molecule is CC(C(=O)Cc1ccc2c(c1)CCC2)C1CNC1. The van der Waals surface area contributed by atoms with Crippen LogP contribution in [0.15, 0.2) is 18.2 Å². The van der Waals surface area contributed by atoms with Crippen molar-refractivity contribution >= 4 is 5.78 Å². The molecule has 0 saturated carbocycles. The number of nitrogens with one attached hydrogen (secondary N) is 1. The Hall–Kier alpha value is -1.15. The number of carbonyl (C=O) groups excluding carboxylic acids is 1.